The van der Waals surface area contributed by atoms with E-state index in [1.807, 2.05) is 0 Å². The summed E-state index contributed by atoms with van der Waals surface area (Å²) in [5, 5.41) is 3.59. The normalized spacial score (nSPS) is 19.5. The van der Waals surface area contributed by atoms with Crippen molar-refractivity contribution in [3.63, 3.8) is 0 Å². The topological polar surface area (TPSA) is 15.3 Å². The third kappa shape index (κ3) is 3.74. The fourth-order valence-corrected chi connectivity index (χ4v) is 2.49. The Morgan fingerprint density at radius 3 is 2.76 bits per heavy atom. The summed E-state index contributed by atoms with van der Waals surface area (Å²) in [7, 11) is 0. The molecule has 1 saturated heterocycles. The van der Waals surface area contributed by atoms with Crippen LogP contribution in [0.5, 0.6) is 0 Å². The van der Waals surface area contributed by atoms with Gasteiger partial charge >= 0.3 is 0 Å². The van der Waals surface area contributed by atoms with Crippen molar-refractivity contribution in [2.75, 3.05) is 24.5 Å². The molecule has 0 bridgehead atoms. The lowest BCUT2D eigenvalue weighted by molar-refractivity contribution is 0.572. The van der Waals surface area contributed by atoms with Crippen molar-refractivity contribution in [3.05, 3.63) is 30.3 Å². The SMILES string of the molecule is CCCCN(C[C@@H]1CCCN1)c1ccccc1. The Kier molecular flexibility index (Phi) is 4.87. The van der Waals surface area contributed by atoms with Gasteiger partial charge in [0.2, 0.25) is 0 Å². The third-order valence-corrected chi connectivity index (χ3v) is 3.51. The zero-order valence-corrected chi connectivity index (χ0v) is 10.9. The molecule has 2 heteroatoms. The van der Waals surface area contributed by atoms with Gasteiger partial charge in [-0.05, 0) is 37.9 Å². The van der Waals surface area contributed by atoms with Crippen LogP contribution in [-0.2, 0) is 0 Å². The van der Waals surface area contributed by atoms with Gasteiger partial charge in [0.1, 0.15) is 0 Å². The van der Waals surface area contributed by atoms with Crippen molar-refractivity contribution in [2.24, 2.45) is 0 Å². The van der Waals surface area contributed by atoms with E-state index in [1.165, 1.54) is 44.5 Å². The molecule has 1 heterocycles. The van der Waals surface area contributed by atoms with Gasteiger partial charge in [-0.25, -0.2) is 0 Å². The Balaban J connectivity index is 1.97. The third-order valence-electron chi connectivity index (χ3n) is 3.51. The molecule has 0 spiro atoms. The molecule has 0 unspecified atom stereocenters. The molecule has 1 fully saturated rings. The first-order chi connectivity index (χ1) is 8.40. The fraction of sp³-hybridized carbons (Fsp3) is 0.600. The van der Waals surface area contributed by atoms with Crippen molar-refractivity contribution in [2.45, 2.75) is 38.6 Å². The van der Waals surface area contributed by atoms with E-state index in [0.29, 0.717) is 6.04 Å². The number of para-hydroxylation sites is 1. The Hall–Kier alpha value is -1.02. The maximum atomic E-state index is 3.59. The Morgan fingerprint density at radius 2 is 2.12 bits per heavy atom. The number of unbranched alkanes of at least 4 members (excludes halogenated alkanes) is 1. The van der Waals surface area contributed by atoms with E-state index in [9.17, 15) is 0 Å². The van der Waals surface area contributed by atoms with Gasteiger partial charge in [0.05, 0.1) is 0 Å². The van der Waals surface area contributed by atoms with Gasteiger partial charge in [-0.3, -0.25) is 0 Å². The highest BCUT2D eigenvalue weighted by molar-refractivity contribution is 5.46. The van der Waals surface area contributed by atoms with Crippen LogP contribution < -0.4 is 10.2 Å². The van der Waals surface area contributed by atoms with Gasteiger partial charge in [0, 0.05) is 24.8 Å². The van der Waals surface area contributed by atoms with E-state index in [2.05, 4.69) is 47.5 Å². The van der Waals surface area contributed by atoms with Gasteiger partial charge in [-0.1, -0.05) is 31.5 Å². The van der Waals surface area contributed by atoms with E-state index in [0.717, 1.165) is 6.54 Å². The second-order valence-electron chi connectivity index (χ2n) is 4.93. The molecule has 1 aliphatic rings. The summed E-state index contributed by atoms with van der Waals surface area (Å²) < 4.78 is 0. The summed E-state index contributed by atoms with van der Waals surface area (Å²) in [6, 6.07) is 11.5. The van der Waals surface area contributed by atoms with E-state index in [-0.39, 0.29) is 0 Å². The molecule has 1 atom stereocenters. The molecular weight excluding hydrogens is 208 g/mol. The van der Waals surface area contributed by atoms with Crippen LogP contribution in [0.4, 0.5) is 5.69 Å². The minimum absolute atomic E-state index is 0.687. The highest BCUT2D eigenvalue weighted by Gasteiger charge is 2.17. The summed E-state index contributed by atoms with van der Waals surface area (Å²) in [5.74, 6) is 0. The maximum Gasteiger partial charge on any atom is 0.0366 e. The van der Waals surface area contributed by atoms with Crippen LogP contribution >= 0.6 is 0 Å². The molecule has 0 aromatic heterocycles. The number of benzene rings is 1. The summed E-state index contributed by atoms with van der Waals surface area (Å²) in [4.78, 5) is 2.53. The lowest BCUT2D eigenvalue weighted by Crippen LogP contribution is -2.38. The molecule has 0 aliphatic carbocycles. The first-order valence-corrected chi connectivity index (χ1v) is 6.93. The maximum absolute atomic E-state index is 3.59. The highest BCUT2D eigenvalue weighted by atomic mass is 15.2. The van der Waals surface area contributed by atoms with Crippen LogP contribution in [0.25, 0.3) is 0 Å². The van der Waals surface area contributed by atoms with Crippen molar-refractivity contribution in [3.8, 4) is 0 Å². The fourth-order valence-electron chi connectivity index (χ4n) is 2.49. The summed E-state index contributed by atoms with van der Waals surface area (Å²) in [6.45, 7) is 5.79. The van der Waals surface area contributed by atoms with Gasteiger partial charge in [0.25, 0.3) is 0 Å². The zero-order chi connectivity index (χ0) is 11.9. The van der Waals surface area contributed by atoms with Crippen LogP contribution in [0.2, 0.25) is 0 Å². The van der Waals surface area contributed by atoms with E-state index >= 15 is 0 Å². The van der Waals surface area contributed by atoms with Gasteiger partial charge in [-0.2, -0.15) is 0 Å². The molecule has 1 aliphatic heterocycles. The number of anilines is 1. The molecule has 0 saturated carbocycles. The zero-order valence-electron chi connectivity index (χ0n) is 10.9. The Labute approximate surface area is 105 Å². The lowest BCUT2D eigenvalue weighted by Gasteiger charge is -2.27. The number of hydrogen-bond donors (Lipinski definition) is 1. The summed E-state index contributed by atoms with van der Waals surface area (Å²) >= 11 is 0. The van der Waals surface area contributed by atoms with Crippen molar-refractivity contribution >= 4 is 5.69 Å². The largest absolute Gasteiger partial charge is 0.370 e. The summed E-state index contributed by atoms with van der Waals surface area (Å²) in [6.07, 6.45) is 5.21. The predicted octanol–water partition coefficient (Wildman–Crippen LogP) is 3.05. The standard InChI is InChI=1S/C15H24N2/c1-2-3-12-17(13-14-8-7-11-16-14)15-9-5-4-6-10-15/h4-6,9-10,14,16H,2-3,7-8,11-13H2,1H3/t14-/m0/s1. The Bertz CT molecular complexity index is 304. The number of rotatable bonds is 6. The number of nitrogens with one attached hydrogen (secondary N) is 1. The van der Waals surface area contributed by atoms with Gasteiger partial charge in [0.15, 0.2) is 0 Å². The molecule has 2 rings (SSSR count). The second kappa shape index (κ2) is 6.65. The van der Waals surface area contributed by atoms with Crippen molar-refractivity contribution < 1.29 is 0 Å². The van der Waals surface area contributed by atoms with Gasteiger partial charge < -0.3 is 10.2 Å². The van der Waals surface area contributed by atoms with Crippen LogP contribution in [0, 0.1) is 0 Å². The molecule has 17 heavy (non-hydrogen) atoms. The molecule has 2 nitrogen and oxygen atoms in total. The monoisotopic (exact) mass is 232 g/mol. The van der Waals surface area contributed by atoms with Crippen LogP contribution in [-0.4, -0.2) is 25.7 Å². The number of hydrogen-bond acceptors (Lipinski definition) is 2. The van der Waals surface area contributed by atoms with Crippen molar-refractivity contribution in [1.29, 1.82) is 0 Å². The second-order valence-corrected chi connectivity index (χ2v) is 4.93. The smallest absolute Gasteiger partial charge is 0.0366 e. The summed E-state index contributed by atoms with van der Waals surface area (Å²) in [5.41, 5.74) is 1.37. The molecule has 0 amide bonds. The van der Waals surface area contributed by atoms with E-state index in [1.54, 1.807) is 0 Å². The predicted molar refractivity (Wildman–Crippen MR) is 74.6 cm³/mol. The van der Waals surface area contributed by atoms with Crippen molar-refractivity contribution in [1.82, 2.24) is 5.32 Å². The average Bonchev–Trinajstić information content (AvgIpc) is 2.88. The molecule has 1 aromatic rings. The molecule has 0 radical (unpaired) electrons. The molecule has 1 N–H and O–H groups in total. The molecule has 1 aromatic carbocycles. The Morgan fingerprint density at radius 1 is 1.29 bits per heavy atom. The van der Waals surface area contributed by atoms with Crippen LogP contribution in [0.15, 0.2) is 30.3 Å². The average molecular weight is 232 g/mol. The molecular formula is C15H24N2. The first-order valence-electron chi connectivity index (χ1n) is 6.93. The molecule has 94 valence electrons. The van der Waals surface area contributed by atoms with Gasteiger partial charge in [-0.15, -0.1) is 0 Å². The van der Waals surface area contributed by atoms with Crippen LogP contribution in [0.3, 0.4) is 0 Å². The number of nitrogens with zero attached hydrogens (tertiary/aromatic N) is 1. The van der Waals surface area contributed by atoms with Crippen LogP contribution in [0.1, 0.15) is 32.6 Å². The quantitative estimate of drug-likeness (QED) is 0.811. The lowest BCUT2D eigenvalue weighted by atomic mass is 10.2. The van der Waals surface area contributed by atoms with E-state index < -0.39 is 0 Å². The highest BCUT2D eigenvalue weighted by Crippen LogP contribution is 2.17. The van der Waals surface area contributed by atoms with E-state index in [4.69, 9.17) is 0 Å². The first kappa shape index (κ1) is 12.4. The minimum Gasteiger partial charge on any atom is -0.370 e. The minimum atomic E-state index is 0.687.